The van der Waals surface area contributed by atoms with Gasteiger partial charge in [-0.15, -0.1) is 0 Å². The molecule has 0 spiro atoms. The number of nitrogens with two attached hydrogens (primary N) is 2. The summed E-state index contributed by atoms with van der Waals surface area (Å²) in [6, 6.07) is 3.63. The van der Waals surface area contributed by atoms with Crippen molar-refractivity contribution in [2.24, 2.45) is 11.7 Å². The third-order valence-corrected chi connectivity index (χ3v) is 7.33. The smallest absolute Gasteiger partial charge is 0.387 e. The highest BCUT2D eigenvalue weighted by molar-refractivity contribution is 6.32. The van der Waals surface area contributed by atoms with Crippen LogP contribution in [-0.2, 0) is 16.0 Å². The zero-order valence-corrected chi connectivity index (χ0v) is 22.4. The molecule has 0 bridgehead atoms. The maximum Gasteiger partial charge on any atom is 0.387 e. The van der Waals surface area contributed by atoms with Gasteiger partial charge in [0.05, 0.1) is 23.5 Å². The van der Waals surface area contributed by atoms with Gasteiger partial charge >= 0.3 is 6.61 Å². The Morgan fingerprint density at radius 2 is 2.02 bits per heavy atom. The van der Waals surface area contributed by atoms with Crippen LogP contribution in [0.25, 0.3) is 11.2 Å². The lowest BCUT2D eigenvalue weighted by atomic mass is 9.89. The number of carbonyl (C=O) groups is 1. The number of fused-ring (bicyclic) bond motifs is 1. The Kier molecular flexibility index (Phi) is 9.68. The van der Waals surface area contributed by atoms with Gasteiger partial charge in [-0.1, -0.05) is 31.0 Å². The summed E-state index contributed by atoms with van der Waals surface area (Å²) in [5.41, 5.74) is 13.4. The first-order valence-corrected chi connectivity index (χ1v) is 13.2. The molecular weight excluding hydrogens is 552 g/mol. The van der Waals surface area contributed by atoms with E-state index in [1.54, 1.807) is 6.07 Å². The summed E-state index contributed by atoms with van der Waals surface area (Å²) in [4.78, 5) is 24.8. The van der Waals surface area contributed by atoms with Crippen molar-refractivity contribution in [1.29, 1.82) is 0 Å². The Bertz CT molecular complexity index is 1320. The largest absolute Gasteiger partial charge is 0.433 e. The lowest BCUT2D eigenvalue weighted by Gasteiger charge is -2.25. The summed E-state index contributed by atoms with van der Waals surface area (Å²) in [5, 5.41) is 24.4. The minimum atomic E-state index is -2.97. The van der Waals surface area contributed by atoms with Crippen LogP contribution < -0.4 is 21.5 Å². The molecule has 1 aliphatic rings. The van der Waals surface area contributed by atoms with Crippen LogP contribution in [0, 0.1) is 5.92 Å². The first kappa shape index (κ1) is 29.8. The predicted octanol–water partition coefficient (Wildman–Crippen LogP) is 1.78. The van der Waals surface area contributed by atoms with Gasteiger partial charge in [0.15, 0.2) is 17.7 Å². The molecule has 218 valence electrons. The molecule has 1 amide bonds. The molecule has 40 heavy (non-hydrogen) atoms. The average molecular weight is 584 g/mol. The SMILES string of the molecule is CC[C@@H](CC[C@H](N)C(=O)NCCc1ccc(OC(F)F)c(Cl)c1)[C@H]1O[C@@H](n2cnc3c(N)ncnc32)[C@@H](O)C1O. The Labute approximate surface area is 233 Å². The zero-order chi connectivity index (χ0) is 29.0. The summed E-state index contributed by atoms with van der Waals surface area (Å²) >= 11 is 5.97. The number of nitrogens with zero attached hydrogens (tertiary/aromatic N) is 4. The van der Waals surface area contributed by atoms with Crippen molar-refractivity contribution >= 4 is 34.5 Å². The van der Waals surface area contributed by atoms with Gasteiger partial charge in [-0.3, -0.25) is 9.36 Å². The number of hydrogen-bond donors (Lipinski definition) is 5. The maximum atomic E-state index is 12.6. The second-order valence-electron chi connectivity index (χ2n) is 9.59. The number of aromatic nitrogens is 4. The number of ether oxygens (including phenoxy) is 2. The second-order valence-corrected chi connectivity index (χ2v) is 10.00. The molecule has 1 aliphatic heterocycles. The van der Waals surface area contributed by atoms with E-state index in [1.807, 2.05) is 6.92 Å². The molecule has 0 aliphatic carbocycles. The highest BCUT2D eigenvalue weighted by Crippen LogP contribution is 2.37. The molecule has 1 fully saturated rings. The topological polar surface area (TPSA) is 184 Å². The van der Waals surface area contributed by atoms with Crippen LogP contribution in [-0.4, -0.2) is 73.1 Å². The molecule has 0 saturated carbocycles. The molecule has 1 saturated heterocycles. The zero-order valence-electron chi connectivity index (χ0n) is 21.7. The van der Waals surface area contributed by atoms with Crippen molar-refractivity contribution in [2.45, 2.75) is 69.8 Å². The number of nitrogen functional groups attached to an aromatic ring is 1. The number of aliphatic hydroxyl groups excluding tert-OH is 2. The van der Waals surface area contributed by atoms with Crippen LogP contribution in [0.1, 0.15) is 38.0 Å². The summed E-state index contributed by atoms with van der Waals surface area (Å²) in [7, 11) is 0. The number of rotatable bonds is 12. The monoisotopic (exact) mass is 583 g/mol. The molecule has 7 N–H and O–H groups in total. The van der Waals surface area contributed by atoms with E-state index in [0.29, 0.717) is 36.8 Å². The average Bonchev–Trinajstić information content (AvgIpc) is 3.47. The van der Waals surface area contributed by atoms with E-state index in [1.165, 1.54) is 29.4 Å². The van der Waals surface area contributed by atoms with Gasteiger partial charge in [0.25, 0.3) is 0 Å². The van der Waals surface area contributed by atoms with Crippen molar-refractivity contribution in [3.05, 3.63) is 41.4 Å². The van der Waals surface area contributed by atoms with Gasteiger partial charge in [0.2, 0.25) is 5.91 Å². The number of anilines is 1. The second kappa shape index (κ2) is 13.0. The molecular formula is C25H32ClF2N7O5. The van der Waals surface area contributed by atoms with E-state index in [4.69, 9.17) is 27.8 Å². The highest BCUT2D eigenvalue weighted by atomic mass is 35.5. The molecule has 3 heterocycles. The Morgan fingerprint density at radius 1 is 1.25 bits per heavy atom. The number of hydrogen-bond acceptors (Lipinski definition) is 10. The number of carbonyl (C=O) groups excluding carboxylic acids is 1. The van der Waals surface area contributed by atoms with E-state index < -0.39 is 37.2 Å². The number of imidazole rings is 1. The molecule has 6 atom stereocenters. The van der Waals surface area contributed by atoms with Crippen LogP contribution in [0.15, 0.2) is 30.9 Å². The quantitative estimate of drug-likeness (QED) is 0.210. The summed E-state index contributed by atoms with van der Waals surface area (Å²) < 4.78 is 36.7. The maximum absolute atomic E-state index is 12.6. The number of nitrogens with one attached hydrogen (secondary N) is 1. The van der Waals surface area contributed by atoms with Crippen LogP contribution in [0.2, 0.25) is 5.02 Å². The van der Waals surface area contributed by atoms with E-state index in [0.717, 1.165) is 5.56 Å². The van der Waals surface area contributed by atoms with Crippen molar-refractivity contribution in [2.75, 3.05) is 12.3 Å². The molecule has 1 unspecified atom stereocenters. The fraction of sp³-hybridized carbons (Fsp3) is 0.520. The van der Waals surface area contributed by atoms with Gasteiger partial charge in [-0.2, -0.15) is 8.78 Å². The van der Waals surface area contributed by atoms with Crippen LogP contribution in [0.3, 0.4) is 0 Å². The van der Waals surface area contributed by atoms with E-state index in [-0.39, 0.29) is 35.0 Å². The number of benzene rings is 1. The normalized spacial score (nSPS) is 22.5. The fourth-order valence-corrected chi connectivity index (χ4v) is 5.09. The highest BCUT2D eigenvalue weighted by Gasteiger charge is 2.47. The summed E-state index contributed by atoms with van der Waals surface area (Å²) in [5.74, 6) is -0.483. The van der Waals surface area contributed by atoms with Gasteiger partial charge < -0.3 is 36.5 Å². The molecule has 12 nitrogen and oxygen atoms in total. The Morgan fingerprint density at radius 3 is 2.73 bits per heavy atom. The van der Waals surface area contributed by atoms with Crippen molar-refractivity contribution in [3.63, 3.8) is 0 Å². The molecule has 2 aromatic heterocycles. The minimum Gasteiger partial charge on any atom is -0.433 e. The molecule has 4 rings (SSSR count). The molecule has 1 aromatic carbocycles. The van der Waals surface area contributed by atoms with Crippen molar-refractivity contribution in [1.82, 2.24) is 24.8 Å². The minimum absolute atomic E-state index is 0.0498. The van der Waals surface area contributed by atoms with Crippen molar-refractivity contribution < 1.29 is 33.3 Å². The Balaban J connectivity index is 1.28. The fourth-order valence-electron chi connectivity index (χ4n) is 4.84. The first-order valence-electron chi connectivity index (χ1n) is 12.8. The Hall–Kier alpha value is -3.17. The molecule has 0 radical (unpaired) electrons. The van der Waals surface area contributed by atoms with Crippen LogP contribution in [0.4, 0.5) is 14.6 Å². The van der Waals surface area contributed by atoms with Gasteiger partial charge in [0.1, 0.15) is 29.8 Å². The lowest BCUT2D eigenvalue weighted by Crippen LogP contribution is -2.42. The van der Waals surface area contributed by atoms with E-state index >= 15 is 0 Å². The van der Waals surface area contributed by atoms with E-state index in [2.05, 4.69) is 25.0 Å². The molecule has 15 heteroatoms. The number of alkyl halides is 2. The lowest BCUT2D eigenvalue weighted by molar-refractivity contribution is -0.122. The first-order chi connectivity index (χ1) is 19.1. The van der Waals surface area contributed by atoms with Gasteiger partial charge in [-0.05, 0) is 42.9 Å². The predicted molar refractivity (Wildman–Crippen MR) is 141 cm³/mol. The summed E-state index contributed by atoms with van der Waals surface area (Å²) in [6.07, 6.45) is 0.451. The van der Waals surface area contributed by atoms with Gasteiger partial charge in [0, 0.05) is 6.54 Å². The third-order valence-electron chi connectivity index (χ3n) is 7.04. The van der Waals surface area contributed by atoms with Gasteiger partial charge in [-0.25, -0.2) is 15.0 Å². The molecule has 3 aromatic rings. The van der Waals surface area contributed by atoms with Crippen LogP contribution >= 0.6 is 11.6 Å². The number of amides is 1. The summed E-state index contributed by atoms with van der Waals surface area (Å²) in [6.45, 7) is -0.784. The number of aliphatic hydroxyl groups is 2. The van der Waals surface area contributed by atoms with Crippen LogP contribution in [0.5, 0.6) is 5.75 Å². The third kappa shape index (κ3) is 6.58. The van der Waals surface area contributed by atoms with E-state index in [9.17, 15) is 23.8 Å². The number of halogens is 3. The standard InChI is InChI=1S/C25H32ClF2N7O5/c1-2-13(20-18(36)19(37)24(40-20)35-11-34-17-21(30)32-10-33-22(17)35)4-5-15(29)23(38)31-8-7-12-3-6-16(14(26)9-12)39-25(27)28/h3,6,9-11,13,15,18-20,24-25,36-37H,2,4-5,7-8,29H2,1H3,(H,31,38)(H2,30,32,33)/t13-,15-,18?,19-,20+,24+/m0/s1. The van der Waals surface area contributed by atoms with Crippen molar-refractivity contribution in [3.8, 4) is 5.75 Å².